The minimum atomic E-state index is -1.05. The van der Waals surface area contributed by atoms with Crippen LogP contribution in [0.5, 0.6) is 0 Å². The second-order valence-corrected chi connectivity index (χ2v) is 11.6. The minimum absolute atomic E-state index is 0.0373. The lowest BCUT2D eigenvalue weighted by molar-refractivity contribution is -0.189. The van der Waals surface area contributed by atoms with Gasteiger partial charge in [-0.2, -0.15) is 0 Å². The predicted octanol–water partition coefficient (Wildman–Crippen LogP) is 5.12. The van der Waals surface area contributed by atoms with Gasteiger partial charge in [-0.15, -0.1) is 0 Å². The van der Waals surface area contributed by atoms with Gasteiger partial charge in [0.15, 0.2) is 17.2 Å². The summed E-state index contributed by atoms with van der Waals surface area (Å²) in [5.74, 6) is 0.975. The fourth-order valence-electron chi connectivity index (χ4n) is 8.26. The van der Waals surface area contributed by atoms with Gasteiger partial charge in [0.05, 0.1) is 7.11 Å². The van der Waals surface area contributed by atoms with E-state index in [1.54, 1.807) is 6.92 Å². The number of hydrogen-bond donors (Lipinski definition) is 0. The molecule has 0 aromatic carbocycles. The molecule has 0 radical (unpaired) electrons. The molecule has 0 unspecified atom stereocenters. The Labute approximate surface area is 203 Å². The van der Waals surface area contributed by atoms with E-state index in [0.717, 1.165) is 38.5 Å². The molecule has 4 aliphatic rings. The van der Waals surface area contributed by atoms with Crippen molar-refractivity contribution in [3.05, 3.63) is 11.6 Å². The zero-order valence-corrected chi connectivity index (χ0v) is 21.2. The topological polar surface area (TPSA) is 86.7 Å². The van der Waals surface area contributed by atoms with Crippen LogP contribution in [0, 0.1) is 28.6 Å². The van der Waals surface area contributed by atoms with Crippen LogP contribution in [0.15, 0.2) is 11.6 Å². The average molecular weight is 473 g/mol. The van der Waals surface area contributed by atoms with Gasteiger partial charge in [0.2, 0.25) is 0 Å². The molecule has 0 N–H and O–H groups in total. The van der Waals surface area contributed by atoms with Crippen molar-refractivity contribution in [2.75, 3.05) is 7.11 Å². The van der Waals surface area contributed by atoms with Crippen LogP contribution in [0.4, 0.5) is 0 Å². The first-order chi connectivity index (χ1) is 16.1. The van der Waals surface area contributed by atoms with Crippen molar-refractivity contribution >= 4 is 23.5 Å². The van der Waals surface area contributed by atoms with Gasteiger partial charge in [-0.05, 0) is 94.0 Å². The van der Waals surface area contributed by atoms with Crippen molar-refractivity contribution < 1.29 is 28.7 Å². The maximum Gasteiger partial charge on any atom is 0.306 e. The number of ether oxygens (including phenoxy) is 2. The molecule has 3 saturated carbocycles. The average Bonchev–Trinajstić information content (AvgIpc) is 3.10. The van der Waals surface area contributed by atoms with E-state index in [4.69, 9.17) is 4.74 Å². The van der Waals surface area contributed by atoms with E-state index in [2.05, 4.69) is 18.6 Å². The second-order valence-electron chi connectivity index (χ2n) is 11.6. The highest BCUT2D eigenvalue weighted by molar-refractivity contribution is 5.92. The maximum atomic E-state index is 13.1. The van der Waals surface area contributed by atoms with Crippen LogP contribution in [0.3, 0.4) is 0 Å². The molecule has 188 valence electrons. The molecule has 0 aromatic rings. The van der Waals surface area contributed by atoms with Crippen LogP contribution in [-0.4, -0.2) is 36.2 Å². The van der Waals surface area contributed by atoms with Crippen molar-refractivity contribution in [3.8, 4) is 0 Å². The van der Waals surface area contributed by atoms with E-state index in [-0.39, 0.29) is 47.2 Å². The second kappa shape index (κ2) is 9.23. The Morgan fingerprint density at radius 2 is 1.62 bits per heavy atom. The van der Waals surface area contributed by atoms with Crippen LogP contribution in [0.25, 0.3) is 0 Å². The van der Waals surface area contributed by atoms with Crippen LogP contribution < -0.4 is 0 Å². The number of ketones is 2. The third-order valence-corrected chi connectivity index (χ3v) is 10.2. The summed E-state index contributed by atoms with van der Waals surface area (Å²) in [6, 6.07) is 0. The van der Waals surface area contributed by atoms with E-state index in [1.807, 2.05) is 6.08 Å². The summed E-state index contributed by atoms with van der Waals surface area (Å²) in [7, 11) is 1.36. The van der Waals surface area contributed by atoms with Crippen molar-refractivity contribution in [2.24, 2.45) is 28.6 Å². The van der Waals surface area contributed by atoms with Gasteiger partial charge in [0.1, 0.15) is 0 Å². The van der Waals surface area contributed by atoms with Gasteiger partial charge in [0, 0.05) is 24.7 Å². The fraction of sp³-hybridized carbons (Fsp3) is 0.786. The van der Waals surface area contributed by atoms with Crippen LogP contribution in [0.2, 0.25) is 0 Å². The lowest BCUT2D eigenvalue weighted by atomic mass is 9.46. The Balaban J connectivity index is 1.50. The molecule has 34 heavy (non-hydrogen) atoms. The SMILES string of the molecule is COC(=O)CCCCC(=O)O[C@]1(C(C)=O)CC[C@H]2[C@@H]3CCC4=CC(=O)CC[C@]4(C)[C@H]3CC[C@@]21C. The summed E-state index contributed by atoms with van der Waals surface area (Å²) in [4.78, 5) is 49.4. The monoisotopic (exact) mass is 472 g/mol. The number of unbranched alkanes of at least 4 members (excludes halogenated alkanes) is 1. The quantitative estimate of drug-likeness (QED) is 0.377. The number of carbonyl (C=O) groups is 4. The van der Waals surface area contributed by atoms with Gasteiger partial charge in [0.25, 0.3) is 0 Å². The lowest BCUT2D eigenvalue weighted by Gasteiger charge is -2.59. The molecule has 3 fully saturated rings. The predicted molar refractivity (Wildman–Crippen MR) is 127 cm³/mol. The van der Waals surface area contributed by atoms with Gasteiger partial charge >= 0.3 is 11.9 Å². The molecule has 0 aliphatic heterocycles. The maximum absolute atomic E-state index is 13.1. The third kappa shape index (κ3) is 3.95. The molecule has 0 bridgehead atoms. The van der Waals surface area contributed by atoms with Crippen molar-refractivity contribution in [1.29, 1.82) is 0 Å². The molecular formula is C28H40O6. The summed E-state index contributed by atoms with van der Waals surface area (Å²) in [5.41, 5.74) is 0.00390. The standard InChI is InChI=1S/C28H40O6/c1-18(29)28(34-25(32)8-6-5-7-24(31)33-4)16-13-23-21-10-9-19-17-20(30)11-14-26(19,2)22(21)12-15-27(23,28)3/h17,21-23H,5-16H2,1-4H3/t21-,22+,23+,26+,27+,28+/m1/s1. The Morgan fingerprint density at radius 1 is 0.941 bits per heavy atom. The van der Waals surface area contributed by atoms with Crippen LogP contribution in [-0.2, 0) is 28.7 Å². The molecule has 4 rings (SSSR count). The van der Waals surface area contributed by atoms with E-state index < -0.39 is 5.60 Å². The van der Waals surface area contributed by atoms with Crippen molar-refractivity contribution in [1.82, 2.24) is 0 Å². The largest absolute Gasteiger partial charge is 0.469 e. The molecule has 0 heterocycles. The summed E-state index contributed by atoms with van der Waals surface area (Å²) in [5, 5.41) is 0. The number of fused-ring (bicyclic) bond motifs is 5. The molecular weight excluding hydrogens is 432 g/mol. The van der Waals surface area contributed by atoms with E-state index in [1.165, 1.54) is 12.7 Å². The van der Waals surface area contributed by atoms with Crippen LogP contribution in [0.1, 0.15) is 97.8 Å². The third-order valence-electron chi connectivity index (χ3n) is 10.2. The van der Waals surface area contributed by atoms with Gasteiger partial charge in [-0.25, -0.2) is 0 Å². The van der Waals surface area contributed by atoms with Gasteiger partial charge in [-0.1, -0.05) is 19.4 Å². The molecule has 0 amide bonds. The highest BCUT2D eigenvalue weighted by Gasteiger charge is 2.67. The smallest absolute Gasteiger partial charge is 0.306 e. The lowest BCUT2D eigenvalue weighted by Crippen LogP contribution is -2.58. The Bertz CT molecular complexity index is 905. The Kier molecular flexibility index (Phi) is 6.82. The number of carbonyl (C=O) groups excluding carboxylic acids is 4. The number of hydrogen-bond acceptors (Lipinski definition) is 6. The Hall–Kier alpha value is -1.98. The number of Topliss-reactive ketones (excluding diaryl/α,β-unsaturated/α-hetero) is 1. The fourth-order valence-corrected chi connectivity index (χ4v) is 8.26. The highest BCUT2D eigenvalue weighted by Crippen LogP contribution is 2.68. The molecule has 6 heteroatoms. The number of allylic oxidation sites excluding steroid dienone is 1. The molecule has 4 aliphatic carbocycles. The van der Waals surface area contributed by atoms with Gasteiger partial charge in [-0.3, -0.25) is 19.2 Å². The number of esters is 2. The molecule has 0 spiro atoms. The van der Waals surface area contributed by atoms with E-state index >= 15 is 0 Å². The summed E-state index contributed by atoms with van der Waals surface area (Å²) in [6.45, 7) is 6.12. The van der Waals surface area contributed by atoms with Crippen molar-refractivity contribution in [3.63, 3.8) is 0 Å². The number of rotatable bonds is 7. The first kappa shape index (κ1) is 25.1. The zero-order valence-electron chi connectivity index (χ0n) is 21.2. The highest BCUT2D eigenvalue weighted by atomic mass is 16.6. The Morgan fingerprint density at radius 3 is 2.29 bits per heavy atom. The minimum Gasteiger partial charge on any atom is -0.469 e. The molecule has 6 nitrogen and oxygen atoms in total. The van der Waals surface area contributed by atoms with Crippen LogP contribution >= 0.6 is 0 Å². The summed E-state index contributed by atoms with van der Waals surface area (Å²) in [6.07, 6.45) is 10.5. The first-order valence-corrected chi connectivity index (χ1v) is 13.1. The van der Waals surface area contributed by atoms with E-state index in [9.17, 15) is 19.2 Å². The number of methoxy groups -OCH3 is 1. The zero-order chi connectivity index (χ0) is 24.7. The summed E-state index contributed by atoms with van der Waals surface area (Å²) < 4.78 is 10.8. The van der Waals surface area contributed by atoms with E-state index in [0.29, 0.717) is 43.4 Å². The normalized spacial score (nSPS) is 38.8. The van der Waals surface area contributed by atoms with Gasteiger partial charge < -0.3 is 9.47 Å². The molecule has 0 aromatic heterocycles. The summed E-state index contributed by atoms with van der Waals surface area (Å²) >= 11 is 0. The van der Waals surface area contributed by atoms with Crippen molar-refractivity contribution in [2.45, 2.75) is 103 Å². The first-order valence-electron chi connectivity index (χ1n) is 13.1. The molecule has 6 atom stereocenters. The molecule has 0 saturated heterocycles.